The Bertz CT molecular complexity index is 1370. The van der Waals surface area contributed by atoms with Crippen molar-refractivity contribution in [1.29, 1.82) is 0 Å². The number of rotatable bonds is 8. The summed E-state index contributed by atoms with van der Waals surface area (Å²) in [4.78, 5) is 33.9. The van der Waals surface area contributed by atoms with E-state index in [-0.39, 0.29) is 29.5 Å². The molecule has 5 heteroatoms. The van der Waals surface area contributed by atoms with Crippen molar-refractivity contribution in [2.24, 2.45) is 45.8 Å². The molecule has 4 aliphatic carbocycles. The lowest BCUT2D eigenvalue weighted by Crippen LogP contribution is -2.62. The van der Waals surface area contributed by atoms with Gasteiger partial charge >= 0.3 is 0 Å². The summed E-state index contributed by atoms with van der Waals surface area (Å²) in [5, 5.41) is 2.38. The molecule has 40 heavy (non-hydrogen) atoms. The van der Waals surface area contributed by atoms with Gasteiger partial charge < -0.3 is 14.3 Å². The molecule has 9 atom stereocenters. The van der Waals surface area contributed by atoms with E-state index in [1.807, 2.05) is 12.3 Å². The molecular weight excluding hydrogens is 496 g/mol. The number of carbonyl (C=O) groups is 2. The van der Waals surface area contributed by atoms with Crippen LogP contribution in [0.5, 0.6) is 0 Å². The summed E-state index contributed by atoms with van der Waals surface area (Å²) in [6.07, 6.45) is 13.1. The van der Waals surface area contributed by atoms with Crippen LogP contribution < -0.4 is 0 Å². The minimum absolute atomic E-state index is 0.0166. The first-order valence-corrected chi connectivity index (χ1v) is 15.6. The number of hydrogen-bond donors (Lipinski definition) is 0. The Kier molecular flexibility index (Phi) is 6.18. The molecule has 2 aromatic rings. The average molecular weight is 541 g/mol. The molecule has 1 saturated heterocycles. The minimum atomic E-state index is -0.716. The lowest BCUT2D eigenvalue weighted by atomic mass is 9.42. The van der Waals surface area contributed by atoms with Crippen LogP contribution in [0.4, 0.5) is 0 Å². The Morgan fingerprint density at radius 1 is 1.07 bits per heavy atom. The number of carbonyl (C=O) groups excluding carboxylic acids is 2. The summed E-state index contributed by atoms with van der Waals surface area (Å²) >= 11 is 0. The maximum absolute atomic E-state index is 13.6. The van der Waals surface area contributed by atoms with Crippen LogP contribution in [0.1, 0.15) is 65.0 Å². The molecule has 212 valence electrons. The van der Waals surface area contributed by atoms with Gasteiger partial charge in [0.25, 0.3) is 0 Å². The van der Waals surface area contributed by atoms with Gasteiger partial charge in [0, 0.05) is 35.5 Å². The molecule has 1 aromatic carbocycles. The van der Waals surface area contributed by atoms with Crippen molar-refractivity contribution < 1.29 is 14.3 Å². The number of nitrogens with zero attached hydrogens (tertiary/aromatic N) is 2. The monoisotopic (exact) mass is 540 g/mol. The van der Waals surface area contributed by atoms with Crippen LogP contribution in [0.2, 0.25) is 0 Å². The fourth-order valence-corrected chi connectivity index (χ4v) is 10.8. The van der Waals surface area contributed by atoms with Gasteiger partial charge in [-0.3, -0.25) is 9.88 Å². The van der Waals surface area contributed by atoms with Crippen LogP contribution in [0, 0.1) is 45.8 Å². The van der Waals surface area contributed by atoms with Crippen LogP contribution in [0.15, 0.2) is 48.2 Å². The number of likely N-dealkylation sites (N-methyl/N-ethyl adjacent to an activating group) is 1. The van der Waals surface area contributed by atoms with Crippen LogP contribution in [0.3, 0.4) is 0 Å². The van der Waals surface area contributed by atoms with Gasteiger partial charge in [-0.05, 0) is 80.2 Å². The first-order chi connectivity index (χ1) is 19.3. The van der Waals surface area contributed by atoms with Crippen LogP contribution in [-0.2, 0) is 20.9 Å². The number of aromatic nitrogens is 1. The van der Waals surface area contributed by atoms with Gasteiger partial charge in [0.1, 0.15) is 12.6 Å². The molecule has 3 saturated carbocycles. The Labute approximate surface area is 238 Å². The first kappa shape index (κ1) is 26.5. The molecule has 0 amide bonds. The summed E-state index contributed by atoms with van der Waals surface area (Å²) in [5.41, 5.74) is 0.726. The van der Waals surface area contributed by atoms with E-state index in [4.69, 9.17) is 9.72 Å². The first-order valence-electron chi connectivity index (χ1n) is 15.6. The quantitative estimate of drug-likeness (QED) is 0.292. The fraction of sp³-hybridized carbons (Fsp3) is 0.629. The van der Waals surface area contributed by atoms with E-state index in [9.17, 15) is 9.59 Å². The predicted octanol–water partition coefficient (Wildman–Crippen LogP) is 6.25. The third kappa shape index (κ3) is 3.31. The molecule has 1 aliphatic heterocycles. The summed E-state index contributed by atoms with van der Waals surface area (Å²) in [5.74, 6) is 1.94. The van der Waals surface area contributed by atoms with Gasteiger partial charge in [0.2, 0.25) is 0 Å². The second kappa shape index (κ2) is 9.32. The molecule has 0 N–H and O–H groups in total. The molecule has 5 nitrogen and oxygen atoms in total. The van der Waals surface area contributed by atoms with Crippen molar-refractivity contribution in [2.75, 3.05) is 13.6 Å². The van der Waals surface area contributed by atoms with E-state index in [1.54, 1.807) is 0 Å². The highest BCUT2D eigenvalue weighted by Gasteiger charge is 2.83. The summed E-state index contributed by atoms with van der Waals surface area (Å²) in [6.45, 7) is 8.41. The minimum Gasteiger partial charge on any atom is -0.373 e. The number of aldehydes is 2. The lowest BCUT2D eigenvalue weighted by molar-refractivity contribution is -0.175. The fourth-order valence-electron chi connectivity index (χ4n) is 10.8. The van der Waals surface area contributed by atoms with Crippen LogP contribution >= 0.6 is 0 Å². The van der Waals surface area contributed by atoms with E-state index >= 15 is 0 Å². The molecule has 0 radical (unpaired) electrons. The predicted molar refractivity (Wildman–Crippen MR) is 156 cm³/mol. The highest BCUT2D eigenvalue weighted by atomic mass is 16.5. The van der Waals surface area contributed by atoms with Gasteiger partial charge in [-0.25, -0.2) is 0 Å². The van der Waals surface area contributed by atoms with E-state index in [2.05, 4.69) is 63.1 Å². The van der Waals surface area contributed by atoms with Crippen molar-refractivity contribution in [3.05, 3.63) is 53.9 Å². The Morgan fingerprint density at radius 3 is 2.62 bits per heavy atom. The largest absolute Gasteiger partial charge is 0.373 e. The standard InChI is InChI=1S/C35H44N2O3/c1-22(2)31-14-26-15-33(20-38)30-11-9-23(3)29(30)16-34(26,35(31,33)21-39)32-12-10-28(40-32)19-37(4)18-27-13-24-7-5-6-8-25(24)17-36-27/h5-8,13-14,17,20-23,26,28-30,32H,9-12,15-16,18-19H2,1-4H3/t23-,26?,28?,29-,30-,32?,33?,34?,35?/m1/s1. The number of allylic oxidation sites excluding steroid dienone is 2. The third-order valence-corrected chi connectivity index (χ3v) is 12.3. The smallest absolute Gasteiger partial charge is 0.131 e. The second-order valence-corrected chi connectivity index (χ2v) is 14.3. The van der Waals surface area contributed by atoms with Gasteiger partial charge in [-0.15, -0.1) is 0 Å². The van der Waals surface area contributed by atoms with Crippen molar-refractivity contribution in [3.63, 3.8) is 0 Å². The highest BCUT2D eigenvalue weighted by Crippen LogP contribution is 2.83. The summed E-state index contributed by atoms with van der Waals surface area (Å²) in [6, 6.07) is 10.5. The Hall–Kier alpha value is -2.37. The van der Waals surface area contributed by atoms with Crippen molar-refractivity contribution in [3.8, 4) is 0 Å². The molecule has 6 unspecified atom stereocenters. The number of pyridine rings is 1. The average Bonchev–Trinajstić information content (AvgIpc) is 3.67. The number of fused-ring (bicyclic) bond motifs is 3. The van der Waals surface area contributed by atoms with Crippen LogP contribution in [-0.4, -0.2) is 48.3 Å². The molecule has 1 aromatic heterocycles. The van der Waals surface area contributed by atoms with Crippen molar-refractivity contribution in [2.45, 2.75) is 78.0 Å². The van der Waals surface area contributed by atoms with Gasteiger partial charge in [-0.2, -0.15) is 0 Å². The molecule has 0 spiro atoms. The van der Waals surface area contributed by atoms with E-state index in [0.717, 1.165) is 56.3 Å². The molecule has 4 bridgehead atoms. The SMILES string of the molecule is CC(C)C1=CC2CC3(C=O)[C@@H]4CC[C@@H](C)[C@H]4CC2(C2CCC(CN(C)Cc4cc5ccccc5cn4)O2)C13C=O. The number of benzene rings is 1. The summed E-state index contributed by atoms with van der Waals surface area (Å²) in [7, 11) is 2.15. The Balaban J connectivity index is 1.16. The lowest BCUT2D eigenvalue weighted by Gasteiger charge is -2.59. The van der Waals surface area contributed by atoms with Crippen LogP contribution in [0.25, 0.3) is 10.8 Å². The summed E-state index contributed by atoms with van der Waals surface area (Å²) < 4.78 is 7.04. The van der Waals surface area contributed by atoms with E-state index in [1.165, 1.54) is 30.0 Å². The molecule has 2 heterocycles. The van der Waals surface area contributed by atoms with E-state index < -0.39 is 10.8 Å². The molecule has 4 fully saturated rings. The molecule has 7 rings (SSSR count). The maximum Gasteiger partial charge on any atom is 0.131 e. The van der Waals surface area contributed by atoms with Crippen molar-refractivity contribution >= 4 is 23.3 Å². The zero-order chi connectivity index (χ0) is 27.9. The number of hydrogen-bond acceptors (Lipinski definition) is 5. The molecule has 5 aliphatic rings. The van der Waals surface area contributed by atoms with Gasteiger partial charge in [0.05, 0.1) is 23.3 Å². The van der Waals surface area contributed by atoms with Gasteiger partial charge in [0.15, 0.2) is 0 Å². The normalized spacial score (nSPS) is 41.6. The topological polar surface area (TPSA) is 59.5 Å². The number of ether oxygens (including phenoxy) is 1. The highest BCUT2D eigenvalue weighted by molar-refractivity contribution is 5.84. The molecular formula is C35H44N2O3. The second-order valence-electron chi connectivity index (χ2n) is 14.3. The zero-order valence-corrected chi connectivity index (χ0v) is 24.5. The maximum atomic E-state index is 13.6. The van der Waals surface area contributed by atoms with Crippen molar-refractivity contribution in [1.82, 2.24) is 9.88 Å². The zero-order valence-electron chi connectivity index (χ0n) is 24.5. The Morgan fingerprint density at radius 2 is 1.88 bits per heavy atom. The van der Waals surface area contributed by atoms with Gasteiger partial charge in [-0.1, -0.05) is 63.1 Å². The third-order valence-electron chi connectivity index (χ3n) is 12.3. The van der Waals surface area contributed by atoms with E-state index in [0.29, 0.717) is 17.8 Å².